The number of aromatic hydroxyl groups is 2. The van der Waals surface area contributed by atoms with Crippen molar-refractivity contribution in [3.05, 3.63) is 94.0 Å². The average molecular weight is 693 g/mol. The zero-order valence-corrected chi connectivity index (χ0v) is 26.1. The van der Waals surface area contributed by atoms with E-state index in [9.17, 15) is 56.0 Å². The second-order valence-electron chi connectivity index (χ2n) is 9.98. The van der Waals surface area contributed by atoms with Crippen LogP contribution in [0.3, 0.4) is 0 Å². The molecule has 0 atom stereocenters. The van der Waals surface area contributed by atoms with Crippen LogP contribution in [-0.2, 0) is 20.2 Å². The van der Waals surface area contributed by atoms with E-state index in [1.54, 1.807) is 0 Å². The second kappa shape index (κ2) is 13.5. The highest BCUT2D eigenvalue weighted by molar-refractivity contribution is 7.86. The molecule has 0 spiro atoms. The van der Waals surface area contributed by atoms with E-state index in [4.69, 9.17) is 0 Å². The Bertz CT molecular complexity index is 2300. The molecule has 0 aliphatic rings. The third-order valence-corrected chi connectivity index (χ3v) is 8.32. The highest BCUT2D eigenvalue weighted by atomic mass is 32.2. The van der Waals surface area contributed by atoms with Crippen LogP contribution in [0, 0.1) is 13.8 Å². The van der Waals surface area contributed by atoms with Crippen LogP contribution in [0.15, 0.2) is 90.9 Å². The molecule has 18 heteroatoms. The van der Waals surface area contributed by atoms with Gasteiger partial charge < -0.3 is 39.1 Å². The zero-order chi connectivity index (χ0) is 35.6. The molecule has 0 aromatic heterocycles. The number of azo groups is 2. The first-order valence-corrected chi connectivity index (χ1v) is 16.0. The minimum atomic E-state index is -5.18. The van der Waals surface area contributed by atoms with Crippen molar-refractivity contribution in [3.63, 3.8) is 0 Å². The third kappa shape index (κ3) is 8.12. The summed E-state index contributed by atoms with van der Waals surface area (Å²) < 4.78 is 72.5. The molecule has 4 aromatic carbocycles. The van der Waals surface area contributed by atoms with Crippen molar-refractivity contribution in [1.82, 2.24) is 0 Å². The Morgan fingerprint density at radius 1 is 0.625 bits per heavy atom. The second-order valence-corrected chi connectivity index (χ2v) is 12.7. The van der Waals surface area contributed by atoms with Gasteiger partial charge in [-0.25, -0.2) is 16.8 Å². The Kier molecular flexibility index (Phi) is 9.85. The molecule has 0 aliphatic heterocycles. The number of benzene rings is 4. The van der Waals surface area contributed by atoms with Gasteiger partial charge in [0.05, 0.1) is 44.5 Å². The number of aromatic carboxylic acids is 2. The van der Waals surface area contributed by atoms with Gasteiger partial charge in [0.1, 0.15) is 31.7 Å². The molecule has 0 amide bonds. The van der Waals surface area contributed by atoms with Gasteiger partial charge in [0, 0.05) is 11.1 Å². The lowest BCUT2D eigenvalue weighted by atomic mass is 10.1. The van der Waals surface area contributed by atoms with Crippen molar-refractivity contribution >= 4 is 67.1 Å². The van der Waals surface area contributed by atoms with Crippen molar-refractivity contribution in [2.75, 3.05) is 0 Å². The number of hydrogen-bond acceptors (Lipinski definition) is 16. The Morgan fingerprint density at radius 2 is 1.10 bits per heavy atom. The fourth-order valence-corrected chi connectivity index (χ4v) is 5.68. The van der Waals surface area contributed by atoms with Crippen LogP contribution in [0.4, 0.5) is 22.7 Å². The average Bonchev–Trinajstić information content (AvgIpc) is 2.99. The Morgan fingerprint density at radius 3 is 1.58 bits per heavy atom. The number of carbonyl (C=O) groups excluding carboxylic acids is 2. The van der Waals surface area contributed by atoms with E-state index in [2.05, 4.69) is 20.5 Å². The fraction of sp³-hybridized carbons (Fsp3) is 0.0667. The Balaban J connectivity index is 1.70. The first kappa shape index (κ1) is 35.0. The minimum absolute atomic E-state index is 0.0353. The molecule has 0 saturated heterocycles. The van der Waals surface area contributed by atoms with Crippen LogP contribution in [-0.4, -0.2) is 48.1 Å². The zero-order valence-electron chi connectivity index (χ0n) is 24.5. The number of rotatable bonds is 10. The summed E-state index contributed by atoms with van der Waals surface area (Å²) in [6.07, 6.45) is 2.11. The van der Waals surface area contributed by atoms with Gasteiger partial charge in [-0.05, 0) is 84.6 Å². The summed E-state index contributed by atoms with van der Waals surface area (Å²) in [6.45, 7) is 2.83. The van der Waals surface area contributed by atoms with Crippen molar-refractivity contribution in [3.8, 4) is 11.5 Å². The van der Waals surface area contributed by atoms with Crippen LogP contribution in [0.5, 0.6) is 11.5 Å². The first-order chi connectivity index (χ1) is 22.3. The van der Waals surface area contributed by atoms with Gasteiger partial charge in [-0.3, -0.25) is 0 Å². The number of carbonyl (C=O) groups is 2. The topological polar surface area (TPSA) is 285 Å². The molecular formula is C30H20N4O12S2-4. The fourth-order valence-electron chi connectivity index (χ4n) is 4.30. The van der Waals surface area contributed by atoms with Gasteiger partial charge in [-0.1, -0.05) is 24.3 Å². The van der Waals surface area contributed by atoms with Gasteiger partial charge in [-0.2, -0.15) is 15.3 Å². The molecule has 2 N–H and O–H groups in total. The Hall–Kier alpha value is -5.82. The molecule has 0 radical (unpaired) electrons. The molecule has 0 saturated carbocycles. The van der Waals surface area contributed by atoms with E-state index >= 15 is 0 Å². The summed E-state index contributed by atoms with van der Waals surface area (Å²) in [4.78, 5) is 21.1. The molecule has 0 fully saturated rings. The van der Waals surface area contributed by atoms with Crippen LogP contribution in [0.2, 0.25) is 0 Å². The predicted molar refractivity (Wildman–Crippen MR) is 160 cm³/mol. The van der Waals surface area contributed by atoms with Gasteiger partial charge in [0.2, 0.25) is 0 Å². The normalized spacial score (nSPS) is 12.3. The van der Waals surface area contributed by atoms with E-state index in [-0.39, 0.29) is 50.8 Å². The monoisotopic (exact) mass is 692 g/mol. The lowest BCUT2D eigenvalue weighted by Crippen LogP contribution is -2.22. The number of aryl methyl sites for hydroxylation is 2. The number of nitrogens with zero attached hydrogens (tertiary/aromatic N) is 4. The maximum Gasteiger partial charge on any atom is 0.127 e. The van der Waals surface area contributed by atoms with Crippen LogP contribution >= 0.6 is 0 Å². The number of phenolic OH excluding ortho intramolecular Hbond substituents is 1. The summed E-state index contributed by atoms with van der Waals surface area (Å²) in [7, 11) is -10.3. The van der Waals surface area contributed by atoms with E-state index < -0.39 is 58.8 Å². The van der Waals surface area contributed by atoms with Crippen molar-refractivity contribution in [2.45, 2.75) is 23.6 Å². The molecule has 4 aromatic rings. The summed E-state index contributed by atoms with van der Waals surface area (Å²) >= 11 is 0. The number of hydrogen-bond donors (Lipinski definition) is 2. The lowest BCUT2D eigenvalue weighted by Gasteiger charge is -2.13. The molecule has 0 bridgehead atoms. The van der Waals surface area contributed by atoms with Gasteiger partial charge >= 0.3 is 0 Å². The number of phenols is 2. The molecule has 0 heterocycles. The van der Waals surface area contributed by atoms with Crippen molar-refractivity contribution in [2.24, 2.45) is 20.5 Å². The molecule has 48 heavy (non-hydrogen) atoms. The van der Waals surface area contributed by atoms with Gasteiger partial charge in [-0.15, -0.1) is 5.11 Å². The van der Waals surface area contributed by atoms with Gasteiger partial charge in [0.15, 0.2) is 0 Å². The number of carboxylic acids is 2. The first-order valence-electron chi connectivity index (χ1n) is 13.2. The maximum atomic E-state index is 12.1. The van der Waals surface area contributed by atoms with Crippen LogP contribution in [0.1, 0.15) is 43.0 Å². The highest BCUT2D eigenvalue weighted by Crippen LogP contribution is 2.33. The quantitative estimate of drug-likeness (QED) is 0.138. The summed E-state index contributed by atoms with van der Waals surface area (Å²) in [5.41, 5.74) is -1.73. The Labute approximate surface area is 272 Å². The molecule has 248 valence electrons. The largest absolute Gasteiger partial charge is 0.744 e. The summed E-state index contributed by atoms with van der Waals surface area (Å²) in [5, 5.41) is 57.5. The lowest BCUT2D eigenvalue weighted by molar-refractivity contribution is -0.256. The maximum absolute atomic E-state index is 12.1. The standard InChI is InChI=1S/C30H24N4O12S2/c1-15-10-22(35)14-23(29(37)38)27(15)34-32-20-8-6-18(26(13-20)48(44,45)46)4-3-17-5-7-19(12-25(17)47(41,42)43)31-33-21-9-16(2)28(36)24(11-21)30(39)40/h3-14,35-36H,1-2H3,(H,37,38)(H,39,40)(H,41,42,43)(H,44,45,46)/p-4. The van der Waals surface area contributed by atoms with E-state index in [1.807, 2.05) is 0 Å². The SMILES string of the molecule is Cc1cc(N=Nc2ccc(C=Cc3ccc(N=Nc4c(C)cc(O)cc4C(=O)[O-])cc3S(=O)(=O)[O-])c(S(=O)(=O)[O-])c2)cc(C(=O)[O-])c1O. The molecular weight excluding hydrogens is 672 g/mol. The van der Waals surface area contributed by atoms with E-state index in [0.717, 1.165) is 48.6 Å². The molecule has 0 aliphatic carbocycles. The van der Waals surface area contributed by atoms with E-state index in [1.165, 1.54) is 38.1 Å². The third-order valence-electron chi connectivity index (χ3n) is 6.53. The van der Waals surface area contributed by atoms with Gasteiger partial charge in [0.25, 0.3) is 0 Å². The van der Waals surface area contributed by atoms with Crippen molar-refractivity contribution in [1.29, 1.82) is 0 Å². The predicted octanol–water partition coefficient (Wildman–Crippen LogP) is 3.25. The summed E-state index contributed by atoms with van der Waals surface area (Å²) in [6, 6.07) is 10.8. The van der Waals surface area contributed by atoms with Crippen LogP contribution < -0.4 is 10.2 Å². The highest BCUT2D eigenvalue weighted by Gasteiger charge is 2.13. The number of carboxylic acid groups (broad SMARTS) is 2. The van der Waals surface area contributed by atoms with Crippen molar-refractivity contribution < 1.29 is 56.0 Å². The van der Waals surface area contributed by atoms with Crippen LogP contribution in [0.25, 0.3) is 12.2 Å². The smallest absolute Gasteiger partial charge is 0.127 e. The summed E-state index contributed by atoms with van der Waals surface area (Å²) in [5.74, 6) is -4.24. The molecule has 0 unspecified atom stereocenters. The molecule has 16 nitrogen and oxygen atoms in total. The van der Waals surface area contributed by atoms with E-state index in [0.29, 0.717) is 0 Å². The minimum Gasteiger partial charge on any atom is -0.744 e. The molecule has 4 rings (SSSR count).